The van der Waals surface area contributed by atoms with Crippen LogP contribution in [0.25, 0.3) is 0 Å². The fourth-order valence-electron chi connectivity index (χ4n) is 3.40. The Bertz CT molecular complexity index is 972. The first-order valence-electron chi connectivity index (χ1n) is 9.28. The molecule has 0 amide bonds. The van der Waals surface area contributed by atoms with Gasteiger partial charge in [0.15, 0.2) is 0 Å². The van der Waals surface area contributed by atoms with E-state index in [1.165, 1.54) is 28.0 Å². The Morgan fingerprint density at radius 3 is 1.32 bits per heavy atom. The lowest BCUT2D eigenvalue weighted by molar-refractivity contribution is 0.627. The van der Waals surface area contributed by atoms with Crippen molar-refractivity contribution in [2.75, 3.05) is 0 Å². The largest absolute Gasteiger partial charge is 0.285 e. The highest BCUT2D eigenvalue weighted by Crippen LogP contribution is 2.46. The van der Waals surface area contributed by atoms with Crippen molar-refractivity contribution in [3.63, 3.8) is 0 Å². The summed E-state index contributed by atoms with van der Waals surface area (Å²) < 4.78 is 18.7. The number of rotatable bonds is 5. The van der Waals surface area contributed by atoms with Crippen molar-refractivity contribution in [3.8, 4) is 0 Å². The van der Waals surface area contributed by atoms with E-state index in [0.29, 0.717) is 6.54 Å². The van der Waals surface area contributed by atoms with Crippen molar-refractivity contribution < 1.29 is 4.39 Å². The van der Waals surface area contributed by atoms with Crippen LogP contribution in [-0.2, 0) is 6.54 Å². The average Bonchev–Trinajstić information content (AvgIpc) is 2.78. The maximum absolute atomic E-state index is 13.3. The summed E-state index contributed by atoms with van der Waals surface area (Å²) in [5.74, 6) is -0.223. The first-order chi connectivity index (χ1) is 13.8. The van der Waals surface area contributed by atoms with Gasteiger partial charge in [-0.3, -0.25) is 4.74 Å². The summed E-state index contributed by atoms with van der Waals surface area (Å²) in [6.07, 6.45) is 0. The Labute approximate surface area is 165 Å². The molecular formula is C25H21FNP. The molecule has 0 aliphatic rings. The lowest BCUT2D eigenvalue weighted by Crippen LogP contribution is -2.25. The number of hydrogen-bond acceptors (Lipinski definition) is 1. The molecule has 0 aliphatic heterocycles. The van der Waals surface area contributed by atoms with Gasteiger partial charge in [-0.15, -0.1) is 0 Å². The lowest BCUT2D eigenvalue weighted by atomic mass is 10.2. The van der Waals surface area contributed by atoms with E-state index >= 15 is 0 Å². The highest BCUT2D eigenvalue weighted by molar-refractivity contribution is 7.87. The molecule has 4 aromatic carbocycles. The summed E-state index contributed by atoms with van der Waals surface area (Å²) in [4.78, 5) is 0. The monoisotopic (exact) mass is 385 g/mol. The van der Waals surface area contributed by atoms with E-state index in [0.717, 1.165) is 5.56 Å². The summed E-state index contributed by atoms with van der Waals surface area (Å²) in [6.45, 7) is 0.534. The van der Waals surface area contributed by atoms with Crippen molar-refractivity contribution in [1.82, 2.24) is 0 Å². The third kappa shape index (κ3) is 3.69. The number of hydrogen-bond donors (Lipinski definition) is 0. The molecule has 0 saturated carbocycles. The van der Waals surface area contributed by atoms with Crippen LogP contribution < -0.4 is 15.9 Å². The van der Waals surface area contributed by atoms with Gasteiger partial charge in [-0.05, 0) is 17.7 Å². The van der Waals surface area contributed by atoms with Crippen molar-refractivity contribution in [2.24, 2.45) is 4.74 Å². The number of halogens is 1. The summed E-state index contributed by atoms with van der Waals surface area (Å²) in [5, 5.41) is 3.65. The molecule has 0 unspecified atom stereocenters. The predicted octanol–water partition coefficient (Wildman–Crippen LogP) is 5.50. The van der Waals surface area contributed by atoms with E-state index in [1.54, 1.807) is 0 Å². The molecule has 4 aromatic rings. The van der Waals surface area contributed by atoms with Crippen LogP contribution in [0.15, 0.2) is 120 Å². The molecule has 0 radical (unpaired) electrons. The average molecular weight is 385 g/mol. The van der Waals surface area contributed by atoms with Gasteiger partial charge in [-0.2, -0.15) is 0 Å². The molecule has 28 heavy (non-hydrogen) atoms. The summed E-state index contributed by atoms with van der Waals surface area (Å²) >= 11 is 0. The molecule has 1 nitrogen and oxygen atoms in total. The molecule has 0 fully saturated rings. The van der Waals surface area contributed by atoms with E-state index < -0.39 is 7.05 Å². The van der Waals surface area contributed by atoms with Gasteiger partial charge in [-0.25, -0.2) is 4.39 Å². The molecule has 0 saturated heterocycles. The van der Waals surface area contributed by atoms with Crippen LogP contribution in [-0.4, -0.2) is 0 Å². The second-order valence-corrected chi connectivity index (χ2v) is 9.67. The Morgan fingerprint density at radius 2 is 0.929 bits per heavy atom. The molecular weight excluding hydrogens is 364 g/mol. The Kier molecular flexibility index (Phi) is 5.50. The van der Waals surface area contributed by atoms with Gasteiger partial charge in [-0.1, -0.05) is 103 Å². The fourth-order valence-corrected chi connectivity index (χ4v) is 6.97. The molecule has 0 spiro atoms. The zero-order valence-electron chi connectivity index (χ0n) is 15.4. The molecule has 138 valence electrons. The third-order valence-electron chi connectivity index (χ3n) is 4.77. The van der Waals surface area contributed by atoms with E-state index in [1.807, 2.05) is 30.3 Å². The van der Waals surface area contributed by atoms with Crippen molar-refractivity contribution in [3.05, 3.63) is 127 Å². The zero-order chi connectivity index (χ0) is 19.2. The van der Waals surface area contributed by atoms with Crippen LogP contribution in [0, 0.1) is 5.82 Å². The minimum absolute atomic E-state index is 0.223. The molecule has 0 atom stereocenters. The summed E-state index contributed by atoms with van der Waals surface area (Å²) in [5.41, 5.74) is 1.01. The van der Waals surface area contributed by atoms with Crippen LogP contribution in [0.1, 0.15) is 5.56 Å². The van der Waals surface area contributed by atoms with Crippen LogP contribution in [0.3, 0.4) is 0 Å². The first kappa shape index (κ1) is 18.4. The zero-order valence-corrected chi connectivity index (χ0v) is 16.3. The minimum atomic E-state index is -2.20. The SMILES string of the molecule is Fc1ccc(CN=P(c2ccccc2)(c2ccccc2)c2ccccc2)cc1. The Balaban J connectivity index is 1.98. The second-order valence-electron chi connectivity index (χ2n) is 6.57. The quantitative estimate of drug-likeness (QED) is 0.402. The lowest BCUT2D eigenvalue weighted by Gasteiger charge is -2.27. The standard InChI is InChI=1S/C25H21FNP/c26-22-18-16-21(17-19-22)20-27-28(23-10-4-1-5-11-23,24-12-6-2-7-13-24)25-14-8-3-9-15-25/h1-19H,20H2. The highest BCUT2D eigenvalue weighted by Gasteiger charge is 2.26. The van der Waals surface area contributed by atoms with Crippen molar-refractivity contribution >= 4 is 23.0 Å². The van der Waals surface area contributed by atoms with Gasteiger partial charge in [0, 0.05) is 15.9 Å². The van der Waals surface area contributed by atoms with Crippen molar-refractivity contribution in [2.45, 2.75) is 6.54 Å². The molecule has 0 heterocycles. The van der Waals surface area contributed by atoms with Crippen LogP contribution in [0.5, 0.6) is 0 Å². The molecule has 3 heteroatoms. The summed E-state index contributed by atoms with van der Waals surface area (Å²) in [6, 6.07) is 38.2. The number of nitrogens with zero attached hydrogens (tertiary/aromatic N) is 1. The van der Waals surface area contributed by atoms with E-state index in [2.05, 4.69) is 72.8 Å². The Hall–Kier alpha value is -2.96. The predicted molar refractivity (Wildman–Crippen MR) is 118 cm³/mol. The first-order valence-corrected chi connectivity index (χ1v) is 11.0. The molecule has 0 aliphatic carbocycles. The van der Waals surface area contributed by atoms with Gasteiger partial charge in [0.25, 0.3) is 0 Å². The smallest absolute Gasteiger partial charge is 0.123 e. The van der Waals surface area contributed by atoms with E-state index in [4.69, 9.17) is 4.74 Å². The second kappa shape index (κ2) is 8.37. The van der Waals surface area contributed by atoms with Crippen LogP contribution in [0.2, 0.25) is 0 Å². The fraction of sp³-hybridized carbons (Fsp3) is 0.0400. The minimum Gasteiger partial charge on any atom is -0.285 e. The van der Waals surface area contributed by atoms with Gasteiger partial charge in [0.2, 0.25) is 0 Å². The highest BCUT2D eigenvalue weighted by atomic mass is 31.2. The molecule has 0 aromatic heterocycles. The van der Waals surface area contributed by atoms with Gasteiger partial charge in [0.05, 0.1) is 13.6 Å². The van der Waals surface area contributed by atoms with Gasteiger partial charge >= 0.3 is 0 Å². The molecule has 0 N–H and O–H groups in total. The van der Waals surface area contributed by atoms with E-state index in [9.17, 15) is 4.39 Å². The normalized spacial score (nSPS) is 11.2. The number of benzene rings is 4. The maximum Gasteiger partial charge on any atom is 0.123 e. The third-order valence-corrected chi connectivity index (χ3v) is 8.47. The van der Waals surface area contributed by atoms with Crippen LogP contribution >= 0.6 is 7.05 Å². The summed E-state index contributed by atoms with van der Waals surface area (Å²) in [7, 11) is -2.20. The Morgan fingerprint density at radius 1 is 0.536 bits per heavy atom. The molecule has 4 rings (SSSR count). The topological polar surface area (TPSA) is 12.4 Å². The van der Waals surface area contributed by atoms with Gasteiger partial charge in [0.1, 0.15) is 5.82 Å². The van der Waals surface area contributed by atoms with Crippen LogP contribution in [0.4, 0.5) is 4.39 Å². The van der Waals surface area contributed by atoms with E-state index in [-0.39, 0.29) is 5.82 Å². The van der Waals surface area contributed by atoms with Gasteiger partial charge < -0.3 is 0 Å². The molecule has 0 bridgehead atoms. The van der Waals surface area contributed by atoms with Crippen molar-refractivity contribution in [1.29, 1.82) is 0 Å². The maximum atomic E-state index is 13.3.